The van der Waals surface area contributed by atoms with Crippen molar-refractivity contribution < 1.29 is 49.3 Å². The van der Waals surface area contributed by atoms with Gasteiger partial charge in [-0.05, 0) is 182 Å². The van der Waals surface area contributed by atoms with Crippen molar-refractivity contribution in [1.82, 2.24) is 10.6 Å². The first kappa shape index (κ1) is 67.2. The maximum absolute atomic E-state index is 14.6. The van der Waals surface area contributed by atoms with Gasteiger partial charge in [-0.15, -0.1) is 0 Å². The number of allylic oxidation sites excluding steroid dienone is 4. The fourth-order valence-electron chi connectivity index (χ4n) is 14.0. The number of aliphatic hydroxyl groups is 4. The Kier molecular flexibility index (Phi) is 24.1. The normalized spacial score (nSPS) is 21.7. The number of phenolic OH excluding ortho intramolecular Hbond substituents is 1. The highest BCUT2D eigenvalue weighted by molar-refractivity contribution is 6.01. The number of aryl methyl sites for hydroxylation is 2. The lowest BCUT2D eigenvalue weighted by atomic mass is 9.70. The van der Waals surface area contributed by atoms with Gasteiger partial charge >= 0.3 is 0 Å². The highest BCUT2D eigenvalue weighted by atomic mass is 16.5. The molecule has 0 fully saturated rings. The number of ketones is 1. The largest absolute Gasteiger partial charge is 0.508 e. The van der Waals surface area contributed by atoms with Crippen LogP contribution in [0.25, 0.3) is 16.8 Å². The van der Waals surface area contributed by atoms with Crippen LogP contribution in [0, 0.1) is 29.8 Å². The van der Waals surface area contributed by atoms with Gasteiger partial charge < -0.3 is 60.8 Å². The molecule has 11 rings (SSSR count). The molecule has 15 nitrogen and oxygen atoms in total. The Morgan fingerprint density at radius 3 is 2.51 bits per heavy atom. The first-order valence-electron chi connectivity index (χ1n) is 33.0. The zero-order valence-electron chi connectivity index (χ0n) is 54.0. The predicted molar refractivity (Wildman–Crippen MR) is 359 cm³/mol. The van der Waals surface area contributed by atoms with E-state index in [9.17, 15) is 30.3 Å². The number of nitrogens with two attached hydrogens (primary N) is 1. The Morgan fingerprint density at radius 1 is 0.922 bits per heavy atom. The van der Waals surface area contributed by atoms with E-state index in [0.717, 1.165) is 95.8 Å². The summed E-state index contributed by atoms with van der Waals surface area (Å²) in [6.45, 7) is 12.0. The number of carbonyl (C=O) groups is 1. The van der Waals surface area contributed by atoms with Crippen molar-refractivity contribution in [2.45, 2.75) is 180 Å². The SMILES string of the molecule is CCCCCc1c(CCCC[C@H]2C=C3C(O)=C[C@@H]2C[C@H]2CC(=O)CCc4ccc(OC)c(c4)OCc4c(C(O)O)cc5c(c(O)cc6c5c4C=C[C@H]6C)[C@@H](C#CO2)[C@@H](c2cccc(CCOCC)c2)C[C@@H]3CN[C@H](CC)NC[C@H](C)O)cccc1NC(N)=NC. The number of aliphatic hydroxyl groups excluding tert-OH is 3. The molecule has 2 aliphatic carbocycles. The number of Topliss-reactive ketones (excluding diaryl/α,β-unsaturated/α-hetero) is 1. The Morgan fingerprint density at radius 2 is 1.74 bits per heavy atom. The lowest BCUT2D eigenvalue weighted by Gasteiger charge is -2.35. The van der Waals surface area contributed by atoms with Crippen LogP contribution in [-0.2, 0) is 46.6 Å². The highest BCUT2D eigenvalue weighted by Gasteiger charge is 2.38. The van der Waals surface area contributed by atoms with Crippen molar-refractivity contribution >= 4 is 34.3 Å². The lowest BCUT2D eigenvalue weighted by Crippen LogP contribution is -2.46. The third kappa shape index (κ3) is 16.7. The average Bonchev–Trinajstić information content (AvgIpc) is 0.753. The summed E-state index contributed by atoms with van der Waals surface area (Å²) in [6.07, 6.45) is 18.8. The van der Waals surface area contributed by atoms with Crippen molar-refractivity contribution in [3.63, 3.8) is 0 Å². The average molecular weight is 1230 g/mol. The van der Waals surface area contributed by atoms with Gasteiger partial charge in [0.25, 0.3) is 0 Å². The Bertz CT molecular complexity index is 3470. The van der Waals surface area contributed by atoms with E-state index in [1.165, 1.54) is 11.1 Å². The fourth-order valence-corrected chi connectivity index (χ4v) is 14.0. The van der Waals surface area contributed by atoms with Crippen molar-refractivity contribution in [1.29, 1.82) is 0 Å². The van der Waals surface area contributed by atoms with Crippen molar-refractivity contribution in [2.75, 3.05) is 45.8 Å². The molecule has 0 saturated heterocycles. The molecule has 482 valence electrons. The summed E-state index contributed by atoms with van der Waals surface area (Å²) in [4.78, 5) is 18.8. The lowest BCUT2D eigenvalue weighted by molar-refractivity contribution is -0.121. The van der Waals surface area contributed by atoms with Crippen molar-refractivity contribution in [3.05, 3.63) is 158 Å². The second kappa shape index (κ2) is 32.2. The Labute approximate surface area is 533 Å². The molecule has 0 spiro atoms. The van der Waals surface area contributed by atoms with Crippen LogP contribution in [0.15, 0.2) is 107 Å². The maximum Gasteiger partial charge on any atom is 0.192 e. The predicted octanol–water partition coefficient (Wildman–Crippen LogP) is 12.8. The maximum atomic E-state index is 14.6. The van der Waals surface area contributed by atoms with Crippen LogP contribution in [0.1, 0.15) is 185 Å². The van der Waals surface area contributed by atoms with Crippen LogP contribution in [0.3, 0.4) is 0 Å². The molecule has 0 amide bonds. The smallest absolute Gasteiger partial charge is 0.192 e. The molecule has 4 heterocycles. The molecule has 90 heavy (non-hydrogen) atoms. The summed E-state index contributed by atoms with van der Waals surface area (Å²) in [7, 11) is 3.26. The van der Waals surface area contributed by atoms with E-state index in [2.05, 4.69) is 108 Å². The number of carbonyl (C=O) groups excluding carboxylic acids is 1. The van der Waals surface area contributed by atoms with Crippen LogP contribution in [0.5, 0.6) is 17.2 Å². The molecule has 10 N–H and O–H groups in total. The first-order chi connectivity index (χ1) is 43.6. The van der Waals surface area contributed by atoms with Crippen LogP contribution in [-0.4, -0.2) is 96.1 Å². The minimum Gasteiger partial charge on any atom is -0.508 e. The van der Waals surface area contributed by atoms with Gasteiger partial charge in [-0.2, -0.15) is 0 Å². The van der Waals surface area contributed by atoms with Gasteiger partial charge in [0.2, 0.25) is 0 Å². The third-order valence-corrected chi connectivity index (χ3v) is 18.8. The van der Waals surface area contributed by atoms with E-state index < -0.39 is 30.3 Å². The topological polar surface area (TPSA) is 230 Å². The molecule has 10 bridgehead atoms. The number of phenols is 1. The number of hydrogen-bond acceptors (Lipinski definition) is 13. The minimum atomic E-state index is -1.94. The molecule has 6 aliphatic rings. The fraction of sp³-hybridized carbons (Fsp3) is 0.493. The molecule has 9 atom stereocenters. The molecule has 15 heteroatoms. The molecular weight excluding hydrogens is 1130 g/mol. The molecule has 0 unspecified atom stereocenters. The van der Waals surface area contributed by atoms with Crippen LogP contribution in [0.2, 0.25) is 0 Å². The zero-order valence-corrected chi connectivity index (χ0v) is 54.0. The minimum absolute atomic E-state index is 0.00494. The first-order valence-corrected chi connectivity index (χ1v) is 33.0. The van der Waals surface area contributed by atoms with Gasteiger partial charge in [-0.3, -0.25) is 15.1 Å². The van der Waals surface area contributed by atoms with E-state index in [-0.39, 0.29) is 72.1 Å². The number of nitrogens with zero attached hydrogens (tertiary/aromatic N) is 1. The summed E-state index contributed by atoms with van der Waals surface area (Å²) in [6, 6.07) is 24.1. The van der Waals surface area contributed by atoms with Crippen molar-refractivity contribution in [3.8, 4) is 29.3 Å². The standard InChI is InChI=1S/C75H97N5O10/c1-8-11-12-22-57-50(20-16-23-66(57)80-75(76)77-6)18-13-14-19-51-37-62-54(44-79-71(9-2)78-43-47(5)81)38-61(52-21-15-17-48(34-52)30-32-88-10-3)59-31-33-89-56(36-53(51)39-67(62)83)40-55(82)27-25-49-26-29-69(87-7)70(35-49)90-45-65-58-28-24-46(4)60-42-68(84)73(59)64(72(58)60)41-63(65)74(85)86/h15-17,20-21,23-24,26,28-29,34-35,37,39,41-42,46-47,51,53-54,56,59,61,71,74,78-79,81,83-86H,8-14,18-19,22,25,27,30,32,36,38,40,43-45H2,1-7H3,(H3,76,77,80)/t46-,47+,51+,53+,54-,56+,59+,61-,71-/m1/s1. The number of fused-ring (bicyclic) bond motifs is 8. The molecule has 0 aromatic heterocycles. The summed E-state index contributed by atoms with van der Waals surface area (Å²) in [5, 5.41) is 71.5. The summed E-state index contributed by atoms with van der Waals surface area (Å²) >= 11 is 0. The summed E-state index contributed by atoms with van der Waals surface area (Å²) in [5.41, 5.74) is 16.3. The van der Waals surface area contributed by atoms with E-state index in [4.69, 9.17) is 24.7 Å². The monoisotopic (exact) mass is 1230 g/mol. The number of ether oxygens (including phenoxy) is 4. The van der Waals surface area contributed by atoms with E-state index in [1.807, 2.05) is 43.3 Å². The number of methoxy groups -OCH3 is 1. The third-order valence-electron chi connectivity index (χ3n) is 18.8. The highest BCUT2D eigenvalue weighted by Crippen LogP contribution is 2.51. The number of anilines is 1. The number of aliphatic imine (C=N–C) groups is 1. The van der Waals surface area contributed by atoms with Gasteiger partial charge in [-0.25, -0.2) is 0 Å². The van der Waals surface area contributed by atoms with E-state index in [0.29, 0.717) is 92.4 Å². The number of benzene rings is 5. The molecule has 0 radical (unpaired) electrons. The number of nitrogens with one attached hydrogen (secondary N) is 3. The van der Waals surface area contributed by atoms with Gasteiger partial charge in [0.05, 0.1) is 31.9 Å². The van der Waals surface area contributed by atoms with Gasteiger partial charge in [0, 0.05) is 79.7 Å². The van der Waals surface area contributed by atoms with Gasteiger partial charge in [-0.1, -0.05) is 107 Å². The number of aromatic hydroxyl groups is 1. The van der Waals surface area contributed by atoms with Crippen LogP contribution < -0.4 is 31.2 Å². The van der Waals surface area contributed by atoms with E-state index >= 15 is 0 Å². The molecule has 4 aliphatic heterocycles. The van der Waals surface area contributed by atoms with Crippen LogP contribution >= 0.6 is 0 Å². The quantitative estimate of drug-likeness (QED) is 0.00921. The second-order valence-electron chi connectivity index (χ2n) is 25.2. The number of guanidine groups is 1. The number of unbranched alkanes of at least 4 members (excludes halogenated alkanes) is 3. The van der Waals surface area contributed by atoms with Gasteiger partial charge in [0.1, 0.15) is 36.1 Å². The summed E-state index contributed by atoms with van der Waals surface area (Å²) < 4.78 is 25.3. The van der Waals surface area contributed by atoms with E-state index in [1.54, 1.807) is 27.1 Å². The number of hydrogen-bond donors (Lipinski definition) is 9. The summed E-state index contributed by atoms with van der Waals surface area (Å²) in [5.74, 6) is 3.04. The molecule has 0 saturated carbocycles. The second-order valence-corrected chi connectivity index (χ2v) is 25.2. The van der Waals surface area contributed by atoms with Crippen molar-refractivity contribution in [2.24, 2.45) is 28.5 Å². The molecule has 5 aromatic rings. The Hall–Kier alpha value is -7.16. The zero-order chi connectivity index (χ0) is 63.8. The molecular formula is C75H97N5O10. The van der Waals surface area contributed by atoms with Gasteiger partial charge in [0.15, 0.2) is 23.7 Å². The van der Waals surface area contributed by atoms with Crippen LogP contribution in [0.4, 0.5) is 5.69 Å². The Balaban J connectivity index is 1.24. The molecule has 5 aromatic carbocycles. The number of rotatable bonds is 24.